The maximum atomic E-state index is 12.1. The number of carboxylic acids is 1. The molecule has 0 aliphatic carbocycles. The van der Waals surface area contributed by atoms with Gasteiger partial charge in [0.05, 0.1) is 85.4 Å². The van der Waals surface area contributed by atoms with Crippen LogP contribution < -0.4 is 58.9 Å². The number of halogens is 2. The lowest BCUT2D eigenvalue weighted by Crippen LogP contribution is -2.29. The normalized spacial score (nSPS) is 10.3. The van der Waals surface area contributed by atoms with Gasteiger partial charge in [-0.15, -0.1) is 0 Å². The zero-order valence-electron chi connectivity index (χ0n) is 69.5. The Morgan fingerprint density at radius 3 is 0.984 bits per heavy atom. The number of isothiocyanates is 1. The average molecular weight is 1970 g/mol. The first-order valence-corrected chi connectivity index (χ1v) is 44.7. The minimum absolute atomic E-state index is 0. The number of rotatable bonds is 31. The maximum Gasteiger partial charge on any atom is 0.341 e. The molecule has 0 saturated carbocycles. The van der Waals surface area contributed by atoms with Crippen molar-refractivity contribution in [2.75, 3.05) is 54.9 Å². The number of aliphatic carboxylic acids is 1. The Hall–Kier alpha value is -12.7. The number of carbonyl (C=O) groups excluding carboxylic acids is 6. The summed E-state index contributed by atoms with van der Waals surface area (Å²) in [6.07, 6.45) is 18.7. The highest BCUT2D eigenvalue weighted by atomic mass is 36.0. The van der Waals surface area contributed by atoms with Gasteiger partial charge in [-0.1, -0.05) is 203 Å². The van der Waals surface area contributed by atoms with Crippen molar-refractivity contribution in [1.29, 1.82) is 5.26 Å². The van der Waals surface area contributed by atoms with E-state index in [2.05, 4.69) is 71.7 Å². The van der Waals surface area contributed by atoms with Crippen LogP contribution in [0.4, 0.5) is 0 Å². The van der Waals surface area contributed by atoms with Crippen LogP contribution in [0.25, 0.3) is 0 Å². The third-order valence-electron chi connectivity index (χ3n) is 14.3. The van der Waals surface area contributed by atoms with Gasteiger partial charge < -0.3 is 43.6 Å². The molecule has 40 nitrogen and oxygen atoms in total. The number of nitriles is 1. The number of carbonyl (C=O) groups is 7. The van der Waals surface area contributed by atoms with Crippen LogP contribution in [0.15, 0.2) is 268 Å². The zero-order chi connectivity index (χ0) is 96.3. The smallest absolute Gasteiger partial charge is 0.341 e. The van der Waals surface area contributed by atoms with E-state index in [1.165, 1.54) is 133 Å². The van der Waals surface area contributed by atoms with Crippen LogP contribution in [-0.2, 0) is 133 Å². The molecule has 49 heteroatoms. The Morgan fingerprint density at radius 1 is 0.496 bits per heavy atom. The number of nitrogens with two attached hydrogens (primary N) is 1. The van der Waals surface area contributed by atoms with Crippen molar-refractivity contribution in [2.45, 2.75) is 86.6 Å². The molecule has 0 fully saturated rings. The molecule has 698 valence electrons. The number of aliphatic imine (C=N–C) groups is 1. The largest absolute Gasteiger partial charge is 0.478 e. The second kappa shape index (κ2) is 70.4. The molecule has 0 atom stereocenters. The number of nitrogens with one attached hydrogen (secondary N) is 2. The van der Waals surface area contributed by atoms with Crippen LogP contribution in [0.3, 0.4) is 0 Å². The summed E-state index contributed by atoms with van der Waals surface area (Å²) in [7, 11) is 8.79. The molecular formula is C80H96Cl2N13O27PS6. The van der Waals surface area contributed by atoms with Gasteiger partial charge in [-0.3, -0.25) is 43.7 Å². The van der Waals surface area contributed by atoms with Crippen LogP contribution in [0.2, 0.25) is 0 Å². The maximum absolute atomic E-state index is 12.1. The van der Waals surface area contributed by atoms with Crippen molar-refractivity contribution < 1.29 is 90.1 Å². The molecule has 0 spiro atoms. The highest BCUT2D eigenvalue weighted by molar-refractivity contribution is 8.31. The first kappa shape index (κ1) is 118. The van der Waals surface area contributed by atoms with Crippen molar-refractivity contribution in [1.82, 2.24) is 45.1 Å². The summed E-state index contributed by atoms with van der Waals surface area (Å²) in [5, 5.41) is 35.3. The number of thiocarbonyl (C=S) groups is 1. The van der Waals surface area contributed by atoms with Gasteiger partial charge in [-0.2, -0.15) is 13.7 Å². The number of ether oxygens (including phenoxy) is 4. The van der Waals surface area contributed by atoms with E-state index in [1.54, 1.807) is 6.92 Å². The Labute approximate surface area is 769 Å². The van der Waals surface area contributed by atoms with Gasteiger partial charge in [0.25, 0.3) is 18.1 Å². The number of benzene rings is 5. The molecule has 7 N–H and O–H groups in total. The van der Waals surface area contributed by atoms with Crippen molar-refractivity contribution in [3.63, 3.8) is 0 Å². The number of amides is 2. The predicted molar refractivity (Wildman–Crippen MR) is 494 cm³/mol. The molecule has 0 saturated heterocycles. The van der Waals surface area contributed by atoms with Gasteiger partial charge >= 0.3 is 82.0 Å². The second-order valence-electron chi connectivity index (χ2n) is 23.1. The second-order valence-corrected chi connectivity index (χ2v) is 33.5. The number of aldehydes is 1. The van der Waals surface area contributed by atoms with Gasteiger partial charge in [0.1, 0.15) is 12.9 Å². The average Bonchev–Trinajstić information content (AvgIpc) is 1.70. The molecular weight excluding hydrogens is 1870 g/mol. The van der Waals surface area contributed by atoms with Crippen LogP contribution in [0.5, 0.6) is 0 Å². The highest BCUT2D eigenvalue weighted by Crippen LogP contribution is 2.45. The number of hydrogen-bond acceptors (Lipinski definition) is 34. The topological polar surface area (TPSA) is 549 Å². The van der Waals surface area contributed by atoms with Gasteiger partial charge in [0.15, 0.2) is 0 Å². The molecule has 0 aliphatic rings. The summed E-state index contributed by atoms with van der Waals surface area (Å²) >= 11 is 7.61. The number of allylic oxidation sites excluding steroid dienone is 4. The summed E-state index contributed by atoms with van der Waals surface area (Å²) < 4.78 is 65.2. The summed E-state index contributed by atoms with van der Waals surface area (Å²) in [4.78, 5) is 171. The molecule has 5 aromatic carbocycles. The SMILES string of the molecule is C.CCC=O.CCP(=O)(OC)OC.COC(=O)/C=C/CN.COC(=O)/C=C/COC#N.COC(=O)/C=C/Cn1sc(=O)n(Cc2ccccc2)c1=O.O=C(/C=C/Cn1sc(=O)n(Cc2ccccc2)c1=O)NO.O=C(/C=C/Cn1sc(=O)n(Cc2ccccc2)c1=O)NO.O=C(O)/C=C/Cn1sc(=O)n(Cc2ccccc2)c1=O.O=S(=O)(Cl)Cl.S=C=NCc1ccccc1. The first-order valence-electron chi connectivity index (χ1n) is 36.4. The molecule has 0 aliphatic heterocycles. The molecule has 9 aromatic rings. The van der Waals surface area contributed by atoms with Crippen LogP contribution in [0, 0.1) is 11.5 Å². The fourth-order valence-corrected chi connectivity index (χ4v) is 12.2. The molecule has 4 aromatic heterocycles. The third kappa shape index (κ3) is 54.2. The standard InChI is InChI=1S/C14H14N2O4S.2C13H13N3O4S.C13H12N2O4S.C8H7NS.C6H7NO3.C5H9NO2.C4H11O3P.C3H6O.CH4.Cl2O2S/c1-20-12(17)8-5-9-16-13(18)15(14(19)21-16)10-11-6-3-2-4-7-11;2*17-11(14-20)7-4-8-16-12(18)15(13(19)21-16)9-10-5-2-1-3-6-10;16-11(17)7-4-8-15-12(18)14(13(19)20-15)9-10-5-2-1-3-6-10;10-7-9-6-8-4-2-1-3-5-8;1-9-6(8)3-2-4-10-5-7;1-8-5(7)3-2-4-6;1-4-8(5,6-2)7-3;1-2-3-4;;1-5(2,3)4/h2-8H,9-10H2,1H3;2*1-7,20H,8-9H2,(H,14,17);1-7H,8-9H2,(H,16,17);1-5H,6H2;2-3H,4H2,1H3;2-3H,4,6H2,1H3;4H2,1-3H3;3H,2H2,1H3;1H4;/b8-5+;3*7-4+;;2*3-2+;;;;. The molecule has 9 rings (SSSR count). The summed E-state index contributed by atoms with van der Waals surface area (Å²) in [6, 6.07) is 46.8. The van der Waals surface area contributed by atoms with Crippen LogP contribution in [-0.4, -0.2) is 160 Å². The number of aromatic nitrogens is 8. The lowest BCUT2D eigenvalue weighted by atomic mass is 10.2. The number of carboxylic acid groups (broad SMARTS) is 1. The Balaban J connectivity index is 0. The minimum Gasteiger partial charge on any atom is -0.478 e. The summed E-state index contributed by atoms with van der Waals surface area (Å²) in [6.45, 7) is 5.98. The number of esters is 3. The lowest BCUT2D eigenvalue weighted by molar-refractivity contribution is -0.135. The van der Waals surface area contributed by atoms with E-state index >= 15 is 0 Å². The number of hydroxylamine groups is 2. The van der Waals surface area contributed by atoms with Crippen LogP contribution >= 0.6 is 87.3 Å². The Bertz CT molecular complexity index is 5510. The highest BCUT2D eigenvalue weighted by Gasteiger charge is 2.17. The quantitative estimate of drug-likeness (QED) is 0.00198. The fourth-order valence-electron chi connectivity index (χ4n) is 8.35. The van der Waals surface area contributed by atoms with E-state index in [9.17, 15) is 76.5 Å². The van der Waals surface area contributed by atoms with Crippen molar-refractivity contribution in [3.8, 4) is 6.26 Å². The molecule has 129 heavy (non-hydrogen) atoms. The monoisotopic (exact) mass is 1960 g/mol. The molecule has 0 radical (unpaired) electrons. The number of methoxy groups -OCH3 is 3. The van der Waals surface area contributed by atoms with Gasteiger partial charge in [-0.25, -0.2) is 88.4 Å². The predicted octanol–water partition coefficient (Wildman–Crippen LogP) is 7.58. The first-order chi connectivity index (χ1) is 61.1. The van der Waals surface area contributed by atoms with E-state index < -0.39 is 62.7 Å². The van der Waals surface area contributed by atoms with Crippen molar-refractivity contribution in [2.24, 2.45) is 10.7 Å². The zero-order valence-corrected chi connectivity index (χ0v) is 76.8. The number of nitrogens with zero attached hydrogens (tertiary/aromatic N) is 10. The molecule has 0 bridgehead atoms. The van der Waals surface area contributed by atoms with E-state index in [4.69, 9.17) is 34.9 Å². The van der Waals surface area contributed by atoms with Crippen LogP contribution in [0.1, 0.15) is 55.5 Å². The van der Waals surface area contributed by atoms with E-state index in [-0.39, 0.29) is 97.5 Å². The van der Waals surface area contributed by atoms with E-state index in [0.717, 1.165) is 107 Å². The van der Waals surface area contributed by atoms with Gasteiger partial charge in [0, 0.05) is 137 Å². The molecule has 0 unspecified atom stereocenters. The van der Waals surface area contributed by atoms with Gasteiger partial charge in [-0.05, 0) is 46.1 Å². The third-order valence-corrected chi connectivity index (χ3v) is 19.9. The Kier molecular flexibility index (Phi) is 64.6. The molecule has 4 heterocycles. The summed E-state index contributed by atoms with van der Waals surface area (Å²) in [5.41, 5.74) is 10.9. The van der Waals surface area contributed by atoms with E-state index in [1.807, 2.05) is 159 Å². The van der Waals surface area contributed by atoms with E-state index in [0.29, 0.717) is 25.7 Å². The van der Waals surface area contributed by atoms with Crippen molar-refractivity contribution in [3.05, 3.63) is 333 Å². The number of hydrogen-bond donors (Lipinski definition) is 6. The minimum atomic E-state index is -3.72. The summed E-state index contributed by atoms with van der Waals surface area (Å²) in [5.74, 6) is -3.80. The fraction of sp³-hybridized carbons (Fsp3) is 0.263. The Morgan fingerprint density at radius 2 is 0.760 bits per heavy atom. The van der Waals surface area contributed by atoms with Gasteiger partial charge in [0.2, 0.25) is 0 Å². The van der Waals surface area contributed by atoms with Crippen molar-refractivity contribution >= 4 is 143 Å². The lowest BCUT2D eigenvalue weighted by Gasteiger charge is -2.08. The molecule has 2 amide bonds.